The van der Waals surface area contributed by atoms with E-state index in [1.165, 1.54) is 161 Å². The third-order valence-corrected chi connectivity index (χ3v) is 12.2. The van der Waals surface area contributed by atoms with E-state index in [1.807, 2.05) is 22.7 Å². The van der Waals surface area contributed by atoms with Gasteiger partial charge in [-0.05, 0) is 24.3 Å². The Balaban J connectivity index is 1.97. The average molecular weight is 563 g/mol. The van der Waals surface area contributed by atoms with Gasteiger partial charge in [-0.25, -0.2) is 0 Å². The van der Waals surface area contributed by atoms with Crippen LogP contribution in [0.5, 0.6) is 0 Å². The summed E-state index contributed by atoms with van der Waals surface area (Å²) in [7, 11) is 0. The summed E-state index contributed by atoms with van der Waals surface area (Å²) >= 11 is 13.4. The van der Waals surface area contributed by atoms with Crippen LogP contribution in [0, 0.1) is 3.14 Å². The summed E-state index contributed by atoms with van der Waals surface area (Å²) in [6.45, 7) is 4.60. The van der Waals surface area contributed by atoms with Crippen molar-refractivity contribution in [1.82, 2.24) is 0 Å². The molecule has 0 aliphatic carbocycles. The van der Waals surface area contributed by atoms with Gasteiger partial charge in [0, 0.05) is 0 Å². The monoisotopic (exact) mass is 562 g/mol. The van der Waals surface area contributed by atoms with Crippen LogP contribution >= 0.6 is 58.4 Å². The molecule has 0 N–H and O–H groups in total. The predicted octanol–water partition coefficient (Wildman–Crippen LogP) is 13.3. The van der Waals surface area contributed by atoms with Crippen LogP contribution in [0.15, 0.2) is 8.42 Å². The van der Waals surface area contributed by atoms with Crippen molar-refractivity contribution in [3.63, 3.8) is 0 Å². The minimum Gasteiger partial charge on any atom is -0.113 e. The minimum atomic E-state index is 1.11. The molecule has 0 bridgehead atoms. The third kappa shape index (κ3) is 20.1. The fourth-order valence-electron chi connectivity index (χ4n) is 4.29. The highest BCUT2D eigenvalue weighted by Crippen LogP contribution is 2.41. The first-order chi connectivity index (χ1) is 16.8. The molecule has 0 spiro atoms. The van der Waals surface area contributed by atoms with Crippen LogP contribution in [-0.4, -0.2) is 11.5 Å². The maximum absolute atomic E-state index is 5.52. The van der Waals surface area contributed by atoms with E-state index in [2.05, 4.69) is 37.4 Å². The summed E-state index contributed by atoms with van der Waals surface area (Å²) in [6.07, 6.45) is 31.4. The van der Waals surface area contributed by atoms with Crippen molar-refractivity contribution in [3.05, 3.63) is 3.14 Å². The lowest BCUT2D eigenvalue weighted by molar-refractivity contribution is 0.555. The van der Waals surface area contributed by atoms with Crippen molar-refractivity contribution in [2.24, 2.45) is 0 Å². The Kier molecular flexibility index (Phi) is 24.9. The Morgan fingerprint density at radius 3 is 1.00 bits per heavy atom. The Morgan fingerprint density at radius 2 is 0.706 bits per heavy atom. The zero-order valence-electron chi connectivity index (χ0n) is 22.5. The molecule has 5 heteroatoms. The van der Waals surface area contributed by atoms with E-state index in [1.54, 1.807) is 0 Å². The highest BCUT2D eigenvalue weighted by atomic mass is 32.2. The van der Waals surface area contributed by atoms with Gasteiger partial charge in [-0.3, -0.25) is 0 Å². The molecule has 1 aromatic rings. The lowest BCUT2D eigenvalue weighted by Gasteiger charge is -2.05. The molecule has 34 heavy (non-hydrogen) atoms. The maximum Gasteiger partial charge on any atom is 0.145 e. The largest absolute Gasteiger partial charge is 0.145 e. The Bertz CT molecular complexity index is 543. The van der Waals surface area contributed by atoms with Crippen LogP contribution in [0.1, 0.15) is 155 Å². The number of hydrogen-bond donors (Lipinski definition) is 0. The molecule has 200 valence electrons. The zero-order chi connectivity index (χ0) is 24.5. The van der Waals surface area contributed by atoms with Gasteiger partial charge in [-0.1, -0.05) is 154 Å². The second-order valence-corrected chi connectivity index (χ2v) is 15.7. The van der Waals surface area contributed by atoms with E-state index in [4.69, 9.17) is 12.2 Å². The van der Waals surface area contributed by atoms with Crippen molar-refractivity contribution >= 4 is 58.4 Å². The van der Waals surface area contributed by atoms with E-state index in [0.29, 0.717) is 0 Å². The fourth-order valence-corrected chi connectivity index (χ4v) is 10.5. The summed E-state index contributed by atoms with van der Waals surface area (Å²) in [5.41, 5.74) is 0. The molecule has 0 unspecified atom stereocenters. The van der Waals surface area contributed by atoms with Crippen LogP contribution in [0.4, 0.5) is 0 Å². The van der Waals surface area contributed by atoms with E-state index < -0.39 is 0 Å². The molecule has 0 atom stereocenters. The number of rotatable bonds is 26. The second-order valence-electron chi connectivity index (χ2n) is 9.80. The van der Waals surface area contributed by atoms with E-state index in [-0.39, 0.29) is 0 Å². The van der Waals surface area contributed by atoms with Crippen molar-refractivity contribution in [3.8, 4) is 0 Å². The van der Waals surface area contributed by atoms with Crippen LogP contribution in [0.2, 0.25) is 0 Å². The molecule has 0 saturated carbocycles. The van der Waals surface area contributed by atoms with Gasteiger partial charge in [0.15, 0.2) is 0 Å². The van der Waals surface area contributed by atoms with Gasteiger partial charge in [0.25, 0.3) is 0 Å². The molecular formula is C29H54S5. The zero-order valence-corrected chi connectivity index (χ0v) is 26.6. The molecule has 0 aliphatic rings. The summed E-state index contributed by atoms with van der Waals surface area (Å²) in [5, 5.41) is 0. The van der Waals surface area contributed by atoms with Gasteiger partial charge in [0.2, 0.25) is 0 Å². The highest BCUT2D eigenvalue weighted by Gasteiger charge is 2.08. The van der Waals surface area contributed by atoms with Gasteiger partial charge in [-0.2, -0.15) is 0 Å². The van der Waals surface area contributed by atoms with E-state index in [0.717, 1.165) is 3.14 Å². The molecule has 1 heterocycles. The smallest absolute Gasteiger partial charge is 0.113 e. The first kappa shape index (κ1) is 33.0. The average Bonchev–Trinajstić information content (AvgIpc) is 3.19. The van der Waals surface area contributed by atoms with Crippen LogP contribution in [-0.2, 0) is 0 Å². The number of unbranched alkanes of at least 4 members (excludes halogenated alkanes) is 20. The fraction of sp³-hybridized carbons (Fsp3) is 0.897. The SMILES string of the molecule is CCCCCCCCCCCCCSc1sc(=S)sc1SCCCCCCCCCCCCC. The topological polar surface area (TPSA) is 0 Å². The first-order valence-corrected chi connectivity index (χ1v) is 18.7. The van der Waals surface area contributed by atoms with Gasteiger partial charge >= 0.3 is 0 Å². The van der Waals surface area contributed by atoms with E-state index >= 15 is 0 Å². The van der Waals surface area contributed by atoms with Crippen LogP contribution in [0.25, 0.3) is 0 Å². The summed E-state index contributed by atoms with van der Waals surface area (Å²) in [6, 6.07) is 0. The molecule has 0 aromatic carbocycles. The molecule has 1 aromatic heterocycles. The van der Waals surface area contributed by atoms with E-state index in [9.17, 15) is 0 Å². The molecule has 0 amide bonds. The predicted molar refractivity (Wildman–Crippen MR) is 167 cm³/mol. The Hall–Kier alpha value is 0.970. The van der Waals surface area contributed by atoms with Crippen LogP contribution < -0.4 is 0 Å². The van der Waals surface area contributed by atoms with Gasteiger partial charge < -0.3 is 0 Å². The minimum absolute atomic E-state index is 1.11. The van der Waals surface area contributed by atoms with Crippen molar-refractivity contribution in [2.75, 3.05) is 11.5 Å². The lowest BCUT2D eigenvalue weighted by atomic mass is 10.1. The highest BCUT2D eigenvalue weighted by molar-refractivity contribution is 8.05. The van der Waals surface area contributed by atoms with Crippen molar-refractivity contribution < 1.29 is 0 Å². The summed E-state index contributed by atoms with van der Waals surface area (Å²) in [5.74, 6) is 2.54. The molecular weight excluding hydrogens is 509 g/mol. The molecule has 0 radical (unpaired) electrons. The second kappa shape index (κ2) is 25.6. The van der Waals surface area contributed by atoms with Crippen molar-refractivity contribution in [1.29, 1.82) is 0 Å². The quantitative estimate of drug-likeness (QED) is 0.0626. The Morgan fingerprint density at radius 1 is 0.441 bits per heavy atom. The molecule has 0 fully saturated rings. The molecule has 1 rings (SSSR count). The Labute approximate surface area is 235 Å². The van der Waals surface area contributed by atoms with Crippen molar-refractivity contribution in [2.45, 2.75) is 164 Å². The van der Waals surface area contributed by atoms with Gasteiger partial charge in [0.1, 0.15) is 3.14 Å². The summed E-state index contributed by atoms with van der Waals surface area (Å²) in [4.78, 5) is 0. The lowest BCUT2D eigenvalue weighted by Crippen LogP contribution is -1.85. The standard InChI is InChI=1S/C29H54S5/c1-3-5-7-9-11-13-15-17-19-21-23-25-31-27-28(34-29(30)33-27)32-26-24-22-20-18-16-14-12-10-8-6-4-2/h3-26H2,1-2H3. The van der Waals surface area contributed by atoms with Gasteiger partial charge in [-0.15, -0.1) is 46.2 Å². The maximum atomic E-state index is 5.52. The molecule has 0 saturated heterocycles. The third-order valence-electron chi connectivity index (χ3n) is 6.48. The van der Waals surface area contributed by atoms with Crippen LogP contribution in [0.3, 0.4) is 0 Å². The number of hydrogen-bond acceptors (Lipinski definition) is 5. The van der Waals surface area contributed by atoms with Gasteiger partial charge in [0.05, 0.1) is 8.42 Å². The normalized spacial score (nSPS) is 11.5. The molecule has 0 aliphatic heterocycles. The summed E-state index contributed by atoms with van der Waals surface area (Å²) < 4.78 is 4.13. The first-order valence-electron chi connectivity index (χ1n) is 14.7. The number of thioether (sulfide) groups is 2. The molecule has 0 nitrogen and oxygen atoms in total.